The highest BCUT2D eigenvalue weighted by atomic mass is 35.5. The van der Waals surface area contributed by atoms with E-state index in [0.29, 0.717) is 24.0 Å². The molecule has 0 aliphatic carbocycles. The Kier molecular flexibility index (Phi) is 9.30. The molecule has 1 fully saturated rings. The molecule has 16 heteroatoms. The van der Waals surface area contributed by atoms with Gasteiger partial charge in [-0.05, 0) is 73.6 Å². The van der Waals surface area contributed by atoms with Gasteiger partial charge in [-0.25, -0.2) is 18.3 Å². The number of anilines is 1. The molecule has 2 amide bonds. The van der Waals surface area contributed by atoms with E-state index in [4.69, 9.17) is 4.74 Å². The van der Waals surface area contributed by atoms with E-state index in [9.17, 15) is 19.1 Å². The molecule has 1 N–H and O–H groups in total. The highest BCUT2D eigenvalue weighted by Crippen LogP contribution is 2.34. The van der Waals surface area contributed by atoms with Crippen molar-refractivity contribution in [1.82, 2.24) is 34.8 Å². The van der Waals surface area contributed by atoms with Crippen LogP contribution in [0.25, 0.3) is 5.69 Å². The Bertz CT molecular complexity index is 1610. The molecule has 1 aliphatic rings. The summed E-state index contributed by atoms with van der Waals surface area (Å²) in [5.74, 6) is -2.18. The topological polar surface area (TPSA) is 135 Å². The third-order valence-corrected chi connectivity index (χ3v) is 7.36. The average molecular weight is 632 g/mol. The van der Waals surface area contributed by atoms with E-state index < -0.39 is 40.7 Å². The summed E-state index contributed by atoms with van der Waals surface area (Å²) in [4.78, 5) is 28.8. The fourth-order valence-corrected chi connectivity index (χ4v) is 4.87. The van der Waals surface area contributed by atoms with Crippen molar-refractivity contribution in [2.24, 2.45) is 5.41 Å². The molecular weight excluding hydrogens is 600 g/mol. The average Bonchev–Trinajstić information content (AvgIpc) is 3.73. The number of amides is 2. The second-order valence-electron chi connectivity index (χ2n) is 11.4. The summed E-state index contributed by atoms with van der Waals surface area (Å²) < 4.78 is 38.7. The Morgan fingerprint density at radius 2 is 1.80 bits per heavy atom. The largest absolute Gasteiger partial charge is 1.00 e. The van der Waals surface area contributed by atoms with Gasteiger partial charge in [-0.1, -0.05) is 6.07 Å². The zero-order valence-corrected chi connectivity index (χ0v) is 25.3. The summed E-state index contributed by atoms with van der Waals surface area (Å²) >= 11 is 0. The quantitative estimate of drug-likeness (QED) is 0.187. The molecule has 2 aromatic carbocycles. The lowest BCUT2D eigenvalue weighted by atomic mass is 9.85. The van der Waals surface area contributed by atoms with Crippen LogP contribution >= 0.6 is 0 Å². The summed E-state index contributed by atoms with van der Waals surface area (Å²) in [5, 5.41) is 27.5. The number of hydrogen-bond acceptors (Lipinski definition) is 8. The highest BCUT2D eigenvalue weighted by Gasteiger charge is 2.48. The van der Waals surface area contributed by atoms with Crippen LogP contribution in [0, 0.1) is 17.0 Å². The number of aliphatic hydroxyl groups is 1. The second kappa shape index (κ2) is 12.6. The SMILES string of the molecule is C[C@@H](N1CCN(c2ccc(-n3cnnn3)cc2)C1=O)[C@](O)(C[n+]1cn(COC(=O)C(C)(C)C)cn1)c1ccc(F)cc1F.[Cl-]. The number of rotatable bonds is 9. The van der Waals surface area contributed by atoms with E-state index in [1.54, 1.807) is 56.9 Å². The van der Waals surface area contributed by atoms with Crippen LogP contribution in [0.3, 0.4) is 0 Å². The molecule has 1 saturated heterocycles. The Morgan fingerprint density at radius 1 is 1.09 bits per heavy atom. The minimum Gasteiger partial charge on any atom is -1.00 e. The van der Waals surface area contributed by atoms with Crippen molar-refractivity contribution in [2.75, 3.05) is 18.0 Å². The third-order valence-electron chi connectivity index (χ3n) is 7.36. The van der Waals surface area contributed by atoms with Crippen LogP contribution in [0.1, 0.15) is 33.3 Å². The monoisotopic (exact) mass is 631 g/mol. The summed E-state index contributed by atoms with van der Waals surface area (Å²) in [7, 11) is 0. The Hall–Kier alpha value is -4.50. The predicted molar refractivity (Wildman–Crippen MR) is 146 cm³/mol. The molecule has 0 bridgehead atoms. The predicted octanol–water partition coefficient (Wildman–Crippen LogP) is -0.806. The number of esters is 1. The van der Waals surface area contributed by atoms with Gasteiger partial charge in [0.15, 0.2) is 5.60 Å². The van der Waals surface area contributed by atoms with Crippen molar-refractivity contribution >= 4 is 17.7 Å². The number of hydrogen-bond donors (Lipinski definition) is 1. The molecule has 5 rings (SSSR count). The maximum atomic E-state index is 15.2. The van der Waals surface area contributed by atoms with Gasteiger partial charge in [0.25, 0.3) is 6.33 Å². The summed E-state index contributed by atoms with van der Waals surface area (Å²) in [6, 6.07) is 8.58. The van der Waals surface area contributed by atoms with Gasteiger partial charge in [-0.15, -0.1) is 9.78 Å². The fraction of sp³-hybridized carbons (Fsp3) is 0.393. The number of halogens is 3. The van der Waals surface area contributed by atoms with E-state index in [-0.39, 0.29) is 37.8 Å². The van der Waals surface area contributed by atoms with Gasteiger partial charge in [-0.3, -0.25) is 9.69 Å². The molecule has 0 unspecified atom stereocenters. The molecule has 44 heavy (non-hydrogen) atoms. The summed E-state index contributed by atoms with van der Waals surface area (Å²) in [6.45, 7) is 6.94. The first kappa shape index (κ1) is 32.4. The second-order valence-corrected chi connectivity index (χ2v) is 11.4. The molecule has 0 saturated carbocycles. The van der Waals surface area contributed by atoms with Crippen molar-refractivity contribution in [1.29, 1.82) is 0 Å². The molecule has 4 aromatic rings. The minimum absolute atomic E-state index is 0. The first-order valence-electron chi connectivity index (χ1n) is 13.5. The van der Waals surface area contributed by atoms with E-state index in [2.05, 4.69) is 20.6 Å². The minimum atomic E-state index is -2.03. The van der Waals surface area contributed by atoms with Crippen molar-refractivity contribution in [3.63, 3.8) is 0 Å². The zero-order chi connectivity index (χ0) is 30.9. The lowest BCUT2D eigenvalue weighted by Gasteiger charge is -2.38. The molecule has 0 radical (unpaired) electrons. The van der Waals surface area contributed by atoms with Crippen LogP contribution < -0.4 is 22.0 Å². The smallest absolute Gasteiger partial charge is 0.324 e. The van der Waals surface area contributed by atoms with Crippen LogP contribution in [-0.4, -0.2) is 71.0 Å². The van der Waals surface area contributed by atoms with Crippen molar-refractivity contribution < 1.29 is 45.3 Å². The van der Waals surface area contributed by atoms with Gasteiger partial charge in [0.2, 0.25) is 13.1 Å². The van der Waals surface area contributed by atoms with E-state index >= 15 is 4.39 Å². The number of urea groups is 1. The van der Waals surface area contributed by atoms with Crippen LogP contribution in [0.15, 0.2) is 61.4 Å². The van der Waals surface area contributed by atoms with Crippen molar-refractivity contribution in [3.05, 3.63) is 78.6 Å². The van der Waals surface area contributed by atoms with E-state index in [1.165, 1.54) is 43.9 Å². The molecule has 234 valence electrons. The molecule has 13 nitrogen and oxygen atoms in total. The first-order chi connectivity index (χ1) is 20.4. The zero-order valence-electron chi connectivity index (χ0n) is 24.5. The van der Waals surface area contributed by atoms with Crippen LogP contribution in [-0.2, 0) is 28.4 Å². The number of carbonyl (C=O) groups excluding carboxylic acids is 2. The Labute approximate surface area is 258 Å². The maximum Gasteiger partial charge on any atom is 0.324 e. The van der Waals surface area contributed by atoms with Crippen LogP contribution in [0.4, 0.5) is 19.3 Å². The molecular formula is C28H32ClF2N9O4. The first-order valence-corrected chi connectivity index (χ1v) is 13.5. The molecule has 1 aliphatic heterocycles. The molecule has 2 atom stereocenters. The van der Waals surface area contributed by atoms with Gasteiger partial charge in [-0.2, -0.15) is 4.57 Å². The number of tetrazole rings is 1. The number of carbonyl (C=O) groups is 2. The van der Waals surface area contributed by atoms with Crippen LogP contribution in [0.5, 0.6) is 0 Å². The normalized spacial score (nSPS) is 15.6. The number of aromatic nitrogens is 7. The van der Waals surface area contributed by atoms with Gasteiger partial charge in [0, 0.05) is 30.4 Å². The standard InChI is InChI=1S/C28H32F2N9O4.ClH/c1-19(37-11-12-38(26(37)41)21-6-8-22(9-7-21)39-15-31-33-34-39)28(42,23-10-5-20(29)13-24(23)30)14-36-17-35(16-32-36)18-43-25(40)27(2,3)4;/h5-10,13,15-17,19,42H,11-12,14,18H2,1-4H3;1H/q+1;/p-1/t19-,28-;/m1./s1. The lowest BCUT2D eigenvalue weighted by molar-refractivity contribution is -0.765. The fourth-order valence-electron chi connectivity index (χ4n) is 4.87. The van der Waals surface area contributed by atoms with E-state index in [0.717, 1.165) is 6.07 Å². The molecule has 3 heterocycles. The van der Waals surface area contributed by atoms with Crippen LogP contribution in [0.2, 0.25) is 0 Å². The Balaban J connectivity index is 0.00000442. The highest BCUT2D eigenvalue weighted by molar-refractivity contribution is 5.94. The molecule has 0 spiro atoms. The van der Waals surface area contributed by atoms with Crippen molar-refractivity contribution in [2.45, 2.75) is 52.6 Å². The van der Waals surface area contributed by atoms with Crippen molar-refractivity contribution in [3.8, 4) is 5.69 Å². The number of ether oxygens (including phenoxy) is 1. The maximum absolute atomic E-state index is 15.2. The summed E-state index contributed by atoms with van der Waals surface area (Å²) in [6.07, 6.45) is 4.33. The lowest BCUT2D eigenvalue weighted by Crippen LogP contribution is -3.00. The molecule has 2 aromatic heterocycles. The number of benzene rings is 2. The van der Waals surface area contributed by atoms with Gasteiger partial charge < -0.3 is 27.2 Å². The van der Waals surface area contributed by atoms with Gasteiger partial charge in [0.05, 0.1) is 17.1 Å². The Morgan fingerprint density at radius 3 is 2.43 bits per heavy atom. The number of nitrogens with zero attached hydrogens (tertiary/aromatic N) is 9. The van der Waals surface area contributed by atoms with Gasteiger partial charge in [0.1, 0.15) is 24.5 Å². The third kappa shape index (κ3) is 6.53. The summed E-state index contributed by atoms with van der Waals surface area (Å²) in [5.41, 5.74) is -1.60. The van der Waals surface area contributed by atoms with Gasteiger partial charge >= 0.3 is 12.0 Å². The van der Waals surface area contributed by atoms with E-state index in [1.807, 2.05) is 0 Å².